The zero-order chi connectivity index (χ0) is 14.7. The number of anilines is 2. The Morgan fingerprint density at radius 3 is 2.65 bits per heavy atom. The molecule has 112 valence electrons. The van der Waals surface area contributed by atoms with Crippen molar-refractivity contribution in [1.82, 2.24) is 4.90 Å². The second kappa shape index (κ2) is 6.35. The highest BCUT2D eigenvalue weighted by molar-refractivity contribution is 5.61. The minimum atomic E-state index is 0.594. The van der Waals surface area contributed by atoms with Crippen LogP contribution in [-0.2, 0) is 0 Å². The minimum absolute atomic E-state index is 0.594. The second-order valence-corrected chi connectivity index (χ2v) is 6.02. The molecule has 2 rings (SSSR count). The van der Waals surface area contributed by atoms with Gasteiger partial charge >= 0.3 is 0 Å². The van der Waals surface area contributed by atoms with Gasteiger partial charge in [-0.05, 0) is 32.5 Å². The van der Waals surface area contributed by atoms with Gasteiger partial charge in [0.1, 0.15) is 5.75 Å². The van der Waals surface area contributed by atoms with Gasteiger partial charge in [-0.25, -0.2) is 0 Å². The van der Waals surface area contributed by atoms with Crippen LogP contribution in [0.2, 0.25) is 0 Å². The van der Waals surface area contributed by atoms with Gasteiger partial charge in [0.05, 0.1) is 6.61 Å². The minimum Gasteiger partial charge on any atom is -0.493 e. The summed E-state index contributed by atoms with van der Waals surface area (Å²) >= 11 is 0. The summed E-state index contributed by atoms with van der Waals surface area (Å²) in [7, 11) is 4.31. The number of rotatable bonds is 5. The second-order valence-electron chi connectivity index (χ2n) is 6.02. The quantitative estimate of drug-likeness (QED) is 0.839. The Balaban J connectivity index is 2.14. The molecule has 0 saturated carbocycles. The maximum Gasteiger partial charge on any atom is 0.123 e. The predicted molar refractivity (Wildman–Crippen MR) is 85.5 cm³/mol. The van der Waals surface area contributed by atoms with E-state index in [4.69, 9.17) is 10.5 Å². The smallest absolute Gasteiger partial charge is 0.123 e. The molecule has 2 N–H and O–H groups in total. The van der Waals surface area contributed by atoms with Crippen molar-refractivity contribution in [1.29, 1.82) is 0 Å². The summed E-state index contributed by atoms with van der Waals surface area (Å²) < 4.78 is 5.72. The standard InChI is InChI=1S/C16H27N3O/c1-5-6-20-15-8-13(17)7-14(9-15)19-10-12(2)16(11-19)18(3)4/h7-9,12,16H,5-6,10-11,17H2,1-4H3. The van der Waals surface area contributed by atoms with Crippen molar-refractivity contribution in [2.75, 3.05) is 44.4 Å². The zero-order valence-electron chi connectivity index (χ0n) is 13.1. The molecule has 4 nitrogen and oxygen atoms in total. The highest BCUT2D eigenvalue weighted by atomic mass is 16.5. The van der Waals surface area contributed by atoms with Crippen LogP contribution in [0.3, 0.4) is 0 Å². The number of benzene rings is 1. The number of nitrogens with two attached hydrogens (primary N) is 1. The molecule has 4 heteroatoms. The molecule has 0 aliphatic carbocycles. The number of nitrogen functional groups attached to an aromatic ring is 1. The Morgan fingerprint density at radius 1 is 1.30 bits per heavy atom. The van der Waals surface area contributed by atoms with Crippen LogP contribution in [0.1, 0.15) is 20.3 Å². The lowest BCUT2D eigenvalue weighted by Crippen LogP contribution is -2.34. The maximum absolute atomic E-state index is 6.01. The molecule has 1 aliphatic rings. The Bertz CT molecular complexity index is 447. The van der Waals surface area contributed by atoms with Gasteiger partial charge in [-0.1, -0.05) is 13.8 Å². The summed E-state index contributed by atoms with van der Waals surface area (Å²) in [6.45, 7) is 7.27. The Hall–Kier alpha value is -1.42. The molecule has 0 radical (unpaired) electrons. The molecular weight excluding hydrogens is 250 g/mol. The monoisotopic (exact) mass is 277 g/mol. The van der Waals surface area contributed by atoms with Crippen molar-refractivity contribution < 1.29 is 4.74 Å². The first-order valence-corrected chi connectivity index (χ1v) is 7.46. The maximum atomic E-state index is 6.01. The highest BCUT2D eigenvalue weighted by Gasteiger charge is 2.31. The molecule has 2 unspecified atom stereocenters. The van der Waals surface area contributed by atoms with E-state index in [1.54, 1.807) is 0 Å². The van der Waals surface area contributed by atoms with E-state index in [0.29, 0.717) is 12.0 Å². The molecule has 1 aromatic rings. The first-order valence-electron chi connectivity index (χ1n) is 7.46. The molecule has 20 heavy (non-hydrogen) atoms. The third kappa shape index (κ3) is 3.37. The average Bonchev–Trinajstić information content (AvgIpc) is 2.78. The van der Waals surface area contributed by atoms with Gasteiger partial charge in [0.25, 0.3) is 0 Å². The Kier molecular flexibility index (Phi) is 4.76. The summed E-state index contributed by atoms with van der Waals surface area (Å²) in [4.78, 5) is 4.72. The van der Waals surface area contributed by atoms with E-state index in [1.165, 1.54) is 5.69 Å². The summed E-state index contributed by atoms with van der Waals surface area (Å²) in [6, 6.07) is 6.65. The van der Waals surface area contributed by atoms with E-state index < -0.39 is 0 Å². The van der Waals surface area contributed by atoms with Crippen LogP contribution in [0.4, 0.5) is 11.4 Å². The zero-order valence-corrected chi connectivity index (χ0v) is 13.1. The average molecular weight is 277 g/mol. The summed E-state index contributed by atoms with van der Waals surface area (Å²) in [5, 5.41) is 0. The summed E-state index contributed by atoms with van der Waals surface area (Å²) in [5.74, 6) is 1.54. The highest BCUT2D eigenvalue weighted by Crippen LogP contribution is 2.30. The van der Waals surface area contributed by atoms with Gasteiger partial charge in [0, 0.05) is 42.6 Å². The number of likely N-dealkylation sites (N-methyl/N-ethyl adjacent to an activating group) is 1. The molecule has 0 aromatic heterocycles. The fraction of sp³-hybridized carbons (Fsp3) is 0.625. The van der Waals surface area contributed by atoms with Crippen LogP contribution in [0.15, 0.2) is 18.2 Å². The molecule has 0 amide bonds. The topological polar surface area (TPSA) is 41.7 Å². The molecule has 1 fully saturated rings. The van der Waals surface area contributed by atoms with Crippen LogP contribution in [0.25, 0.3) is 0 Å². The summed E-state index contributed by atoms with van der Waals surface area (Å²) in [6.07, 6.45) is 1.01. The van der Waals surface area contributed by atoms with Crippen molar-refractivity contribution in [2.24, 2.45) is 5.92 Å². The predicted octanol–water partition coefficient (Wildman–Crippen LogP) is 2.44. The van der Waals surface area contributed by atoms with Crippen LogP contribution in [-0.4, -0.2) is 44.7 Å². The molecule has 0 spiro atoms. The number of nitrogens with zero attached hydrogens (tertiary/aromatic N) is 2. The van der Waals surface area contributed by atoms with E-state index in [-0.39, 0.29) is 0 Å². The first-order chi connectivity index (χ1) is 9.51. The third-order valence-corrected chi connectivity index (χ3v) is 3.99. The fourth-order valence-corrected chi connectivity index (χ4v) is 2.92. The van der Waals surface area contributed by atoms with Gasteiger partial charge < -0.3 is 20.3 Å². The summed E-state index contributed by atoms with van der Waals surface area (Å²) in [5.41, 5.74) is 7.96. The van der Waals surface area contributed by atoms with Crippen molar-refractivity contribution in [3.05, 3.63) is 18.2 Å². The van der Waals surface area contributed by atoms with Gasteiger partial charge in [0.15, 0.2) is 0 Å². The van der Waals surface area contributed by atoms with E-state index in [1.807, 2.05) is 12.1 Å². The Labute approximate surface area is 122 Å². The molecule has 1 saturated heterocycles. The van der Waals surface area contributed by atoms with Gasteiger partial charge in [-0.15, -0.1) is 0 Å². The number of hydrogen-bond acceptors (Lipinski definition) is 4. The first kappa shape index (κ1) is 15.0. The number of hydrogen-bond donors (Lipinski definition) is 1. The van der Waals surface area contributed by atoms with Crippen LogP contribution >= 0.6 is 0 Å². The third-order valence-electron chi connectivity index (χ3n) is 3.99. The number of ether oxygens (including phenoxy) is 1. The largest absolute Gasteiger partial charge is 0.493 e. The van der Waals surface area contributed by atoms with Crippen molar-refractivity contribution in [3.63, 3.8) is 0 Å². The fourth-order valence-electron chi connectivity index (χ4n) is 2.92. The lowest BCUT2D eigenvalue weighted by atomic mass is 10.1. The van der Waals surface area contributed by atoms with Gasteiger partial charge in [-0.3, -0.25) is 0 Å². The Morgan fingerprint density at radius 2 is 2.05 bits per heavy atom. The van der Waals surface area contributed by atoms with Crippen LogP contribution in [0, 0.1) is 5.92 Å². The van der Waals surface area contributed by atoms with Gasteiger partial charge in [0.2, 0.25) is 0 Å². The molecule has 1 aliphatic heterocycles. The molecular formula is C16H27N3O. The van der Waals surface area contributed by atoms with E-state index >= 15 is 0 Å². The van der Waals surface area contributed by atoms with Crippen molar-refractivity contribution in [2.45, 2.75) is 26.3 Å². The van der Waals surface area contributed by atoms with Crippen molar-refractivity contribution >= 4 is 11.4 Å². The van der Waals surface area contributed by atoms with Gasteiger partial charge in [-0.2, -0.15) is 0 Å². The lowest BCUT2D eigenvalue weighted by Gasteiger charge is -2.23. The molecule has 0 bridgehead atoms. The lowest BCUT2D eigenvalue weighted by molar-refractivity contribution is 0.266. The van der Waals surface area contributed by atoms with Crippen LogP contribution in [0.5, 0.6) is 5.75 Å². The molecule has 1 aromatic carbocycles. The van der Waals surface area contributed by atoms with Crippen LogP contribution < -0.4 is 15.4 Å². The van der Waals surface area contributed by atoms with E-state index in [0.717, 1.165) is 37.6 Å². The SMILES string of the molecule is CCCOc1cc(N)cc(N2CC(C)C(N(C)C)C2)c1. The normalized spacial score (nSPS) is 22.6. The van der Waals surface area contributed by atoms with E-state index in [2.05, 4.69) is 43.8 Å². The molecule has 2 atom stereocenters. The molecule has 1 heterocycles. The van der Waals surface area contributed by atoms with Crippen molar-refractivity contribution in [3.8, 4) is 5.75 Å². The van der Waals surface area contributed by atoms with E-state index in [9.17, 15) is 0 Å².